The maximum atomic E-state index is 12.3. The molecule has 3 aromatic rings. The van der Waals surface area contributed by atoms with Crippen molar-refractivity contribution in [3.8, 4) is 0 Å². The van der Waals surface area contributed by atoms with Gasteiger partial charge in [-0.1, -0.05) is 52.8 Å². The summed E-state index contributed by atoms with van der Waals surface area (Å²) in [5.74, 6) is -0.986. The van der Waals surface area contributed by atoms with Crippen LogP contribution in [-0.2, 0) is 11.2 Å². The number of rotatable bonds is 7. The molecule has 29 heavy (non-hydrogen) atoms. The van der Waals surface area contributed by atoms with Gasteiger partial charge in [-0.05, 0) is 38.1 Å². The number of aromatic carboxylic acids is 1. The van der Waals surface area contributed by atoms with E-state index in [0.29, 0.717) is 5.89 Å². The van der Waals surface area contributed by atoms with Crippen LogP contribution in [0.25, 0.3) is 4.91 Å². The molecule has 0 spiro atoms. The number of para-hydroxylation sites is 1. The first-order valence-corrected chi connectivity index (χ1v) is 9.61. The summed E-state index contributed by atoms with van der Waals surface area (Å²) in [4.78, 5) is 29.8. The Hall–Kier alpha value is -3.39. The number of carbonyl (C=O) groups excluding carboxylic acids is 1. The largest absolute Gasteiger partial charge is 0.478 e. The van der Waals surface area contributed by atoms with Gasteiger partial charge in [-0.15, -0.1) is 0 Å². The second kappa shape index (κ2) is 9.20. The monoisotopic (exact) mass is 409 g/mol. The molecule has 8 heteroatoms. The first kappa shape index (κ1) is 20.3. The SMILES string of the molecule is CC(C)=C(Sc1ccccc1)c1nc(CC(=O)Nc2ccccc2C(=O)O)no1. The smallest absolute Gasteiger partial charge is 0.337 e. The molecule has 0 fully saturated rings. The quantitative estimate of drug-likeness (QED) is 0.554. The van der Waals surface area contributed by atoms with Crippen LogP contribution in [0.5, 0.6) is 0 Å². The normalized spacial score (nSPS) is 10.4. The van der Waals surface area contributed by atoms with E-state index in [2.05, 4.69) is 15.5 Å². The average molecular weight is 409 g/mol. The van der Waals surface area contributed by atoms with Crippen molar-refractivity contribution in [1.82, 2.24) is 10.1 Å². The van der Waals surface area contributed by atoms with Gasteiger partial charge in [-0.25, -0.2) is 4.79 Å². The molecular formula is C21H19N3O4S. The van der Waals surface area contributed by atoms with Crippen molar-refractivity contribution >= 4 is 34.2 Å². The number of amides is 1. The fraction of sp³-hybridized carbons (Fsp3) is 0.143. The van der Waals surface area contributed by atoms with Gasteiger partial charge >= 0.3 is 5.97 Å². The molecule has 3 rings (SSSR count). The number of carboxylic acids is 1. The highest BCUT2D eigenvalue weighted by Gasteiger charge is 2.18. The number of aromatic nitrogens is 2. The van der Waals surface area contributed by atoms with Crippen molar-refractivity contribution in [2.75, 3.05) is 5.32 Å². The number of hydrogen-bond acceptors (Lipinski definition) is 6. The predicted molar refractivity (Wildman–Crippen MR) is 111 cm³/mol. The van der Waals surface area contributed by atoms with Gasteiger partial charge in [0, 0.05) is 4.90 Å². The van der Waals surface area contributed by atoms with E-state index in [-0.39, 0.29) is 23.5 Å². The van der Waals surface area contributed by atoms with Crippen LogP contribution in [-0.4, -0.2) is 27.1 Å². The predicted octanol–water partition coefficient (Wildman–Crippen LogP) is 4.49. The number of nitrogens with one attached hydrogen (secondary N) is 1. The highest BCUT2D eigenvalue weighted by atomic mass is 32.2. The molecule has 148 valence electrons. The minimum Gasteiger partial charge on any atom is -0.478 e. The van der Waals surface area contributed by atoms with Crippen molar-refractivity contribution in [2.24, 2.45) is 0 Å². The molecule has 2 N–H and O–H groups in total. The van der Waals surface area contributed by atoms with Gasteiger partial charge in [0.25, 0.3) is 5.89 Å². The number of allylic oxidation sites excluding steroid dienone is 1. The topological polar surface area (TPSA) is 105 Å². The second-order valence-corrected chi connectivity index (χ2v) is 7.42. The van der Waals surface area contributed by atoms with Crippen LogP contribution in [0.2, 0.25) is 0 Å². The molecule has 0 bridgehead atoms. The van der Waals surface area contributed by atoms with Crippen LogP contribution in [0.1, 0.15) is 35.9 Å². The maximum absolute atomic E-state index is 12.3. The van der Waals surface area contributed by atoms with Crippen LogP contribution >= 0.6 is 11.8 Å². The number of carboxylic acid groups (broad SMARTS) is 1. The second-order valence-electron chi connectivity index (χ2n) is 6.34. The van der Waals surface area contributed by atoms with Crippen LogP contribution in [0.4, 0.5) is 5.69 Å². The van der Waals surface area contributed by atoms with Gasteiger partial charge in [0.05, 0.1) is 22.6 Å². The molecule has 0 saturated carbocycles. The molecule has 1 amide bonds. The summed E-state index contributed by atoms with van der Waals surface area (Å²) in [5, 5.41) is 15.7. The lowest BCUT2D eigenvalue weighted by Gasteiger charge is -2.06. The molecule has 0 unspecified atom stereocenters. The zero-order valence-corrected chi connectivity index (χ0v) is 16.7. The minimum atomic E-state index is -1.12. The summed E-state index contributed by atoms with van der Waals surface area (Å²) in [6.45, 7) is 3.90. The fourth-order valence-corrected chi connectivity index (χ4v) is 3.40. The summed E-state index contributed by atoms with van der Waals surface area (Å²) in [7, 11) is 0. The van der Waals surface area contributed by atoms with Crippen molar-refractivity contribution in [3.63, 3.8) is 0 Å². The number of nitrogens with zero attached hydrogens (tertiary/aromatic N) is 2. The average Bonchev–Trinajstić information content (AvgIpc) is 3.14. The Bertz CT molecular complexity index is 1060. The summed E-state index contributed by atoms with van der Waals surface area (Å²) in [6, 6.07) is 16.0. The standard InChI is InChI=1S/C21H19N3O4S/c1-13(2)19(29-14-8-4-3-5-9-14)20-23-17(24-28-20)12-18(25)22-16-11-7-6-10-15(16)21(26)27/h3-11H,12H2,1-2H3,(H,22,25)(H,26,27). The zero-order valence-electron chi connectivity index (χ0n) is 15.9. The lowest BCUT2D eigenvalue weighted by molar-refractivity contribution is -0.115. The van der Waals surface area contributed by atoms with Crippen molar-refractivity contribution in [2.45, 2.75) is 25.2 Å². The van der Waals surface area contributed by atoms with Crippen LogP contribution in [0, 0.1) is 0 Å². The first-order chi connectivity index (χ1) is 13.9. The van der Waals surface area contributed by atoms with E-state index < -0.39 is 11.9 Å². The lowest BCUT2D eigenvalue weighted by Crippen LogP contribution is -2.17. The molecule has 0 atom stereocenters. The molecule has 0 saturated heterocycles. The highest BCUT2D eigenvalue weighted by molar-refractivity contribution is 8.08. The third kappa shape index (κ3) is 5.32. The third-order valence-electron chi connectivity index (χ3n) is 3.83. The zero-order chi connectivity index (χ0) is 20.8. The van der Waals surface area contributed by atoms with E-state index in [4.69, 9.17) is 4.52 Å². The number of carbonyl (C=O) groups is 2. The summed E-state index contributed by atoms with van der Waals surface area (Å²) in [5.41, 5.74) is 1.24. The first-order valence-electron chi connectivity index (χ1n) is 8.79. The third-order valence-corrected chi connectivity index (χ3v) is 5.12. The van der Waals surface area contributed by atoms with Crippen molar-refractivity contribution in [3.05, 3.63) is 77.4 Å². The Morgan fingerprint density at radius 2 is 1.76 bits per heavy atom. The van der Waals surface area contributed by atoms with Gasteiger partial charge in [-0.3, -0.25) is 4.79 Å². The fourth-order valence-electron chi connectivity index (χ4n) is 2.50. The van der Waals surface area contributed by atoms with Crippen LogP contribution in [0.3, 0.4) is 0 Å². The van der Waals surface area contributed by atoms with Crippen molar-refractivity contribution in [1.29, 1.82) is 0 Å². The van der Waals surface area contributed by atoms with Crippen LogP contribution in [0.15, 0.2) is 69.6 Å². The lowest BCUT2D eigenvalue weighted by atomic mass is 10.2. The molecule has 0 aliphatic heterocycles. The Balaban J connectivity index is 1.72. The molecule has 0 aliphatic rings. The molecular weight excluding hydrogens is 390 g/mol. The molecule has 1 heterocycles. The molecule has 0 aliphatic carbocycles. The number of benzene rings is 2. The molecule has 2 aromatic carbocycles. The van der Waals surface area contributed by atoms with Crippen molar-refractivity contribution < 1.29 is 19.2 Å². The Labute approximate surface area is 171 Å². The van der Waals surface area contributed by atoms with Gasteiger partial charge in [0.2, 0.25) is 5.91 Å². The Morgan fingerprint density at radius 3 is 2.45 bits per heavy atom. The van der Waals surface area contributed by atoms with E-state index in [1.807, 2.05) is 44.2 Å². The highest BCUT2D eigenvalue weighted by Crippen LogP contribution is 2.35. The Morgan fingerprint density at radius 1 is 1.07 bits per heavy atom. The van der Waals surface area contributed by atoms with Gasteiger partial charge in [-0.2, -0.15) is 4.98 Å². The minimum absolute atomic E-state index is 0.0146. The van der Waals surface area contributed by atoms with E-state index in [9.17, 15) is 14.7 Å². The van der Waals surface area contributed by atoms with Gasteiger partial charge < -0.3 is 14.9 Å². The van der Waals surface area contributed by atoms with E-state index >= 15 is 0 Å². The number of anilines is 1. The molecule has 1 aromatic heterocycles. The van der Waals surface area contributed by atoms with E-state index in [1.54, 1.807) is 12.1 Å². The summed E-state index contributed by atoms with van der Waals surface area (Å²) in [6.07, 6.45) is -0.135. The number of hydrogen-bond donors (Lipinski definition) is 2. The molecule has 0 radical (unpaired) electrons. The van der Waals surface area contributed by atoms with Gasteiger partial charge in [0.1, 0.15) is 0 Å². The summed E-state index contributed by atoms with van der Waals surface area (Å²) >= 11 is 1.51. The van der Waals surface area contributed by atoms with Crippen LogP contribution < -0.4 is 5.32 Å². The van der Waals surface area contributed by atoms with E-state index in [0.717, 1.165) is 15.4 Å². The molecule has 7 nitrogen and oxygen atoms in total. The van der Waals surface area contributed by atoms with E-state index in [1.165, 1.54) is 23.9 Å². The number of thioether (sulfide) groups is 1. The Kier molecular flexibility index (Phi) is 6.46. The van der Waals surface area contributed by atoms with Gasteiger partial charge in [0.15, 0.2) is 5.82 Å². The maximum Gasteiger partial charge on any atom is 0.337 e. The summed E-state index contributed by atoms with van der Waals surface area (Å²) < 4.78 is 5.36.